The number of ether oxygens (including phenoxy) is 1. The zero-order chi connectivity index (χ0) is 19.4. The van der Waals surface area contributed by atoms with Gasteiger partial charge in [-0.05, 0) is 26.2 Å². The van der Waals surface area contributed by atoms with Gasteiger partial charge in [-0.2, -0.15) is 18.4 Å². The number of nitroso groups, excluding NO2 is 1. The normalized spacial score (nSPS) is 26.6. The molecule has 0 spiro atoms. The Balaban J connectivity index is 2.21. The largest absolute Gasteiger partial charge is 0.491 e. The van der Waals surface area contributed by atoms with Crippen LogP contribution in [0.25, 0.3) is 0 Å². The van der Waals surface area contributed by atoms with Gasteiger partial charge in [-0.25, -0.2) is 14.7 Å². The van der Waals surface area contributed by atoms with Gasteiger partial charge in [-0.3, -0.25) is 0 Å². The number of alkyl halides is 3. The lowest BCUT2D eigenvalue weighted by molar-refractivity contribution is -0.224. The molecular weight excluding hydrogens is 353 g/mol. The highest BCUT2D eigenvalue weighted by Gasteiger charge is 2.53. The van der Waals surface area contributed by atoms with Crippen molar-refractivity contribution in [3.05, 3.63) is 4.91 Å². The molecule has 0 bridgehead atoms. The summed E-state index contributed by atoms with van der Waals surface area (Å²) in [6, 6.07) is 1.58. The van der Waals surface area contributed by atoms with Crippen LogP contribution in [-0.4, -0.2) is 46.5 Å². The van der Waals surface area contributed by atoms with Crippen molar-refractivity contribution in [2.45, 2.75) is 82.4 Å². The summed E-state index contributed by atoms with van der Waals surface area (Å²) in [7, 11) is 0. The van der Waals surface area contributed by atoms with Crippen LogP contribution in [0.3, 0.4) is 0 Å². The van der Waals surface area contributed by atoms with E-state index in [2.05, 4.69) is 10.0 Å². The summed E-state index contributed by atoms with van der Waals surface area (Å²) < 4.78 is 42.4. The summed E-state index contributed by atoms with van der Waals surface area (Å²) in [5, 5.41) is 13.9. The van der Waals surface area contributed by atoms with Gasteiger partial charge in [0.2, 0.25) is 0 Å². The summed E-state index contributed by atoms with van der Waals surface area (Å²) in [6.45, 7) is 1.84. The highest BCUT2D eigenvalue weighted by molar-refractivity contribution is 5.76. The van der Waals surface area contributed by atoms with Crippen molar-refractivity contribution in [3.8, 4) is 6.07 Å². The fraction of sp³-hybridized carbons (Fsp3) is 0.875. The molecule has 2 unspecified atom stereocenters. The van der Waals surface area contributed by atoms with Crippen molar-refractivity contribution in [3.63, 3.8) is 0 Å². The molecule has 2 rings (SSSR count). The third-order valence-corrected chi connectivity index (χ3v) is 5.17. The van der Waals surface area contributed by atoms with Crippen LogP contribution in [0.5, 0.6) is 0 Å². The van der Waals surface area contributed by atoms with Gasteiger partial charge >= 0.3 is 12.1 Å². The van der Waals surface area contributed by atoms with E-state index in [1.54, 1.807) is 13.0 Å². The van der Waals surface area contributed by atoms with Crippen LogP contribution in [0.15, 0.2) is 5.29 Å². The van der Waals surface area contributed by atoms with Gasteiger partial charge in [0, 0.05) is 13.0 Å². The van der Waals surface area contributed by atoms with Crippen LogP contribution in [0.1, 0.15) is 58.3 Å². The first kappa shape index (κ1) is 20.4. The molecule has 7 nitrogen and oxygen atoms in total. The van der Waals surface area contributed by atoms with Crippen molar-refractivity contribution in [1.82, 2.24) is 9.91 Å². The van der Waals surface area contributed by atoms with E-state index in [0.29, 0.717) is 6.42 Å². The summed E-state index contributed by atoms with van der Waals surface area (Å²) >= 11 is 0. The minimum Gasteiger partial charge on any atom is -0.423 e. The van der Waals surface area contributed by atoms with Crippen molar-refractivity contribution in [1.29, 1.82) is 5.26 Å². The molecule has 1 aliphatic heterocycles. The smallest absolute Gasteiger partial charge is 0.423 e. The Kier molecular flexibility index (Phi) is 6.44. The SMILES string of the molecule is CC(N(N=O)C1CCCCCC1)N1CCCC1(C#N)OC(=O)C(F)(F)F. The zero-order valence-corrected chi connectivity index (χ0v) is 14.7. The van der Waals surface area contributed by atoms with Crippen LogP contribution < -0.4 is 0 Å². The Morgan fingerprint density at radius 1 is 1.31 bits per heavy atom. The highest BCUT2D eigenvalue weighted by Crippen LogP contribution is 2.36. The Bertz CT molecular complexity index is 558. The predicted octanol–water partition coefficient (Wildman–Crippen LogP) is 3.46. The number of carbonyl (C=O) groups is 1. The Morgan fingerprint density at radius 3 is 2.42 bits per heavy atom. The molecular formula is C16H23F3N4O3. The zero-order valence-electron chi connectivity index (χ0n) is 14.7. The minimum absolute atomic E-state index is 0.0486. The standard InChI is InChI=1S/C16H23F3N4O3/c1-12(23(21-25)13-7-4-2-3-5-8-13)22-10-6-9-15(22,11-20)26-14(24)16(17,18)19/h12-13H,2-10H2,1H3. The Hall–Kier alpha value is -1.89. The molecule has 1 saturated carbocycles. The van der Waals surface area contributed by atoms with E-state index in [-0.39, 0.29) is 19.0 Å². The first-order chi connectivity index (χ1) is 12.2. The number of esters is 1. The van der Waals surface area contributed by atoms with E-state index in [1.807, 2.05) is 0 Å². The molecule has 1 saturated heterocycles. The maximum atomic E-state index is 12.6. The van der Waals surface area contributed by atoms with Crippen LogP contribution in [0, 0.1) is 16.2 Å². The number of halogens is 3. The number of nitriles is 1. The quantitative estimate of drug-likeness (QED) is 0.316. The van der Waals surface area contributed by atoms with Gasteiger partial charge in [0.1, 0.15) is 12.2 Å². The maximum absolute atomic E-state index is 12.6. The average Bonchev–Trinajstić information content (AvgIpc) is 2.82. The molecule has 146 valence electrons. The topological polar surface area (TPSA) is 86.0 Å². The van der Waals surface area contributed by atoms with E-state index in [9.17, 15) is 28.1 Å². The van der Waals surface area contributed by atoms with Crippen LogP contribution in [-0.2, 0) is 9.53 Å². The van der Waals surface area contributed by atoms with Crippen molar-refractivity contribution < 1.29 is 22.7 Å². The molecule has 0 radical (unpaired) electrons. The minimum atomic E-state index is -5.19. The molecule has 0 N–H and O–H groups in total. The molecule has 1 heterocycles. The molecule has 2 aliphatic rings. The van der Waals surface area contributed by atoms with Gasteiger partial charge in [0.25, 0.3) is 5.72 Å². The first-order valence-electron chi connectivity index (χ1n) is 8.85. The molecule has 0 aromatic carbocycles. The van der Waals surface area contributed by atoms with Crippen molar-refractivity contribution >= 4 is 5.97 Å². The van der Waals surface area contributed by atoms with Crippen LogP contribution >= 0.6 is 0 Å². The highest BCUT2D eigenvalue weighted by atomic mass is 19.4. The summed E-state index contributed by atoms with van der Waals surface area (Å²) in [4.78, 5) is 24.1. The van der Waals surface area contributed by atoms with Crippen molar-refractivity contribution in [2.75, 3.05) is 6.54 Å². The van der Waals surface area contributed by atoms with Crippen molar-refractivity contribution in [2.24, 2.45) is 5.29 Å². The van der Waals surface area contributed by atoms with Gasteiger partial charge in [-0.1, -0.05) is 25.7 Å². The fourth-order valence-corrected chi connectivity index (χ4v) is 3.87. The van der Waals surface area contributed by atoms with Gasteiger partial charge in [-0.15, -0.1) is 4.91 Å². The number of hydrogen-bond donors (Lipinski definition) is 0. The Morgan fingerprint density at radius 2 is 1.92 bits per heavy atom. The lowest BCUT2D eigenvalue weighted by Crippen LogP contribution is -2.57. The number of likely N-dealkylation sites (tertiary alicyclic amines) is 1. The monoisotopic (exact) mass is 376 g/mol. The third kappa shape index (κ3) is 4.26. The molecule has 1 aliphatic carbocycles. The number of nitrogens with zero attached hydrogens (tertiary/aromatic N) is 4. The maximum Gasteiger partial charge on any atom is 0.491 e. The fourth-order valence-electron chi connectivity index (χ4n) is 3.87. The predicted molar refractivity (Wildman–Crippen MR) is 85.0 cm³/mol. The molecule has 26 heavy (non-hydrogen) atoms. The lowest BCUT2D eigenvalue weighted by Gasteiger charge is -2.41. The van der Waals surface area contributed by atoms with E-state index in [1.165, 1.54) is 9.91 Å². The molecule has 0 aromatic rings. The first-order valence-corrected chi connectivity index (χ1v) is 8.85. The Labute approximate surface area is 150 Å². The van der Waals surface area contributed by atoms with E-state index < -0.39 is 24.0 Å². The molecule has 0 amide bonds. The summed E-state index contributed by atoms with van der Waals surface area (Å²) in [5.74, 6) is -2.40. The third-order valence-electron chi connectivity index (χ3n) is 5.17. The van der Waals surface area contributed by atoms with Gasteiger partial charge in [0.15, 0.2) is 0 Å². The van der Waals surface area contributed by atoms with E-state index in [0.717, 1.165) is 38.5 Å². The van der Waals surface area contributed by atoms with Crippen LogP contribution in [0.4, 0.5) is 13.2 Å². The molecule has 2 atom stereocenters. The summed E-state index contributed by atoms with van der Waals surface area (Å²) in [5.41, 5.74) is -2.04. The number of hydrogen-bond acceptors (Lipinski definition) is 6. The second kappa shape index (κ2) is 8.20. The number of carbonyl (C=O) groups excluding carboxylic acids is 1. The van der Waals surface area contributed by atoms with Crippen LogP contribution in [0.2, 0.25) is 0 Å². The molecule has 0 aromatic heterocycles. The summed E-state index contributed by atoms with van der Waals surface area (Å²) in [6.07, 6.45) is -0.0971. The second-order valence-electron chi connectivity index (χ2n) is 6.82. The lowest BCUT2D eigenvalue weighted by atomic mass is 10.1. The second-order valence-corrected chi connectivity index (χ2v) is 6.82. The number of rotatable bonds is 5. The molecule has 10 heteroatoms. The van der Waals surface area contributed by atoms with E-state index in [4.69, 9.17) is 0 Å². The molecule has 2 fully saturated rings. The van der Waals surface area contributed by atoms with Gasteiger partial charge < -0.3 is 4.74 Å². The van der Waals surface area contributed by atoms with E-state index >= 15 is 0 Å². The average molecular weight is 376 g/mol. The van der Waals surface area contributed by atoms with Gasteiger partial charge in [0.05, 0.1) is 11.3 Å².